The van der Waals surface area contributed by atoms with E-state index in [1.807, 2.05) is 0 Å². The molecule has 10 heteroatoms. The van der Waals surface area contributed by atoms with Crippen LogP contribution in [-0.2, 0) is 13.2 Å². The average molecular weight is 327 g/mol. The van der Waals surface area contributed by atoms with Crippen LogP contribution in [0.25, 0.3) is 0 Å². The fraction of sp³-hybridized carbons (Fsp3) is 0.250. The van der Waals surface area contributed by atoms with Crippen LogP contribution in [0.1, 0.15) is 12.7 Å². The van der Waals surface area contributed by atoms with Crippen molar-refractivity contribution in [3.63, 3.8) is 0 Å². The smallest absolute Gasteiger partial charge is 0.342 e. The quantitative estimate of drug-likeness (QED) is 0.595. The maximum absolute atomic E-state index is 11.0. The van der Waals surface area contributed by atoms with Gasteiger partial charge in [-0.2, -0.15) is 0 Å². The molecule has 0 aliphatic carbocycles. The molecule has 0 radical (unpaired) electrons. The maximum atomic E-state index is 11.0. The second-order valence-electron chi connectivity index (χ2n) is 4.19. The Morgan fingerprint density at radius 3 is 2.64 bits per heavy atom. The summed E-state index contributed by atoms with van der Waals surface area (Å²) >= 11 is 5.71. The van der Waals surface area contributed by atoms with Crippen LogP contribution in [0, 0.1) is 20.2 Å². The molecular weight excluding hydrogens is 316 g/mol. The highest BCUT2D eigenvalue weighted by Crippen LogP contribution is 2.30. The molecule has 0 fully saturated rings. The van der Waals surface area contributed by atoms with Gasteiger partial charge in [-0.3, -0.25) is 10.1 Å². The SMILES string of the molecule is CCn1c([N+](=O)[O-])cnc1COc1ccc(Cl)cc1[N+](=O)[O-]. The van der Waals surface area contributed by atoms with Crippen molar-refractivity contribution in [3.8, 4) is 5.75 Å². The molecule has 0 saturated carbocycles. The summed E-state index contributed by atoms with van der Waals surface area (Å²) in [5.74, 6) is 0.160. The molecule has 1 aromatic carbocycles. The van der Waals surface area contributed by atoms with E-state index in [0.29, 0.717) is 12.4 Å². The third-order valence-electron chi connectivity index (χ3n) is 2.89. The highest BCUT2D eigenvalue weighted by atomic mass is 35.5. The van der Waals surface area contributed by atoms with Crippen molar-refractivity contribution in [2.24, 2.45) is 0 Å². The van der Waals surface area contributed by atoms with Gasteiger partial charge in [-0.05, 0) is 24.0 Å². The molecule has 0 N–H and O–H groups in total. The summed E-state index contributed by atoms with van der Waals surface area (Å²) in [5.41, 5.74) is -0.281. The van der Waals surface area contributed by atoms with Crippen LogP contribution in [-0.4, -0.2) is 19.4 Å². The first-order valence-electron chi connectivity index (χ1n) is 6.19. The second kappa shape index (κ2) is 6.39. The molecule has 1 heterocycles. The summed E-state index contributed by atoms with van der Waals surface area (Å²) in [5, 5.41) is 22.0. The Bertz CT molecular complexity index is 730. The van der Waals surface area contributed by atoms with E-state index in [9.17, 15) is 20.2 Å². The Morgan fingerprint density at radius 1 is 1.32 bits per heavy atom. The number of nitro groups is 2. The number of halogens is 1. The first kappa shape index (κ1) is 15.7. The molecule has 9 nitrogen and oxygen atoms in total. The summed E-state index contributed by atoms with van der Waals surface area (Å²) in [4.78, 5) is 24.6. The van der Waals surface area contributed by atoms with E-state index in [1.165, 1.54) is 22.8 Å². The average Bonchev–Trinajstić information content (AvgIpc) is 2.88. The Balaban J connectivity index is 2.24. The van der Waals surface area contributed by atoms with Gasteiger partial charge < -0.3 is 14.9 Å². The molecule has 0 aliphatic heterocycles. The van der Waals surface area contributed by atoms with Crippen LogP contribution < -0.4 is 4.74 Å². The van der Waals surface area contributed by atoms with Crippen LogP contribution in [0.5, 0.6) is 5.75 Å². The van der Waals surface area contributed by atoms with E-state index in [1.54, 1.807) is 6.92 Å². The maximum Gasteiger partial charge on any atom is 0.342 e. The summed E-state index contributed by atoms with van der Waals surface area (Å²) in [6.45, 7) is 1.92. The van der Waals surface area contributed by atoms with Gasteiger partial charge in [0, 0.05) is 11.1 Å². The molecule has 2 rings (SSSR count). The van der Waals surface area contributed by atoms with Crippen molar-refractivity contribution in [1.29, 1.82) is 0 Å². The van der Waals surface area contributed by atoms with Gasteiger partial charge in [0.25, 0.3) is 0 Å². The molecule has 22 heavy (non-hydrogen) atoms. The number of nitro benzene ring substituents is 1. The largest absolute Gasteiger partial charge is 0.476 e. The van der Waals surface area contributed by atoms with Gasteiger partial charge in [0.05, 0.1) is 11.5 Å². The lowest BCUT2D eigenvalue weighted by Gasteiger charge is -2.06. The second-order valence-corrected chi connectivity index (χ2v) is 4.63. The topological polar surface area (TPSA) is 113 Å². The zero-order valence-electron chi connectivity index (χ0n) is 11.4. The third-order valence-corrected chi connectivity index (χ3v) is 3.13. The number of nitrogens with zero attached hydrogens (tertiary/aromatic N) is 4. The number of hydrogen-bond acceptors (Lipinski definition) is 6. The molecule has 0 spiro atoms. The van der Waals surface area contributed by atoms with Gasteiger partial charge in [0.15, 0.2) is 12.4 Å². The molecule has 0 aliphatic rings. The van der Waals surface area contributed by atoms with Crippen molar-refractivity contribution < 1.29 is 14.6 Å². The number of hydrogen-bond donors (Lipinski definition) is 0. The van der Waals surface area contributed by atoms with Gasteiger partial charge in [0.2, 0.25) is 5.82 Å². The summed E-state index contributed by atoms with van der Waals surface area (Å²) in [6, 6.07) is 4.00. The standard InChI is InChI=1S/C12H11ClN4O5/c1-2-15-11(14-6-12(15)17(20)21)7-22-10-4-3-8(13)5-9(10)16(18)19/h3-6H,2,7H2,1H3. The number of imidazole rings is 1. The van der Waals surface area contributed by atoms with E-state index < -0.39 is 9.85 Å². The molecule has 0 bridgehead atoms. The molecule has 1 aromatic heterocycles. The Hall–Kier alpha value is -2.68. The van der Waals surface area contributed by atoms with E-state index in [-0.39, 0.29) is 28.9 Å². The Morgan fingerprint density at radius 2 is 2.05 bits per heavy atom. The van der Waals surface area contributed by atoms with Gasteiger partial charge in [0.1, 0.15) is 6.20 Å². The highest BCUT2D eigenvalue weighted by Gasteiger charge is 2.21. The van der Waals surface area contributed by atoms with Crippen molar-refractivity contribution in [2.75, 3.05) is 0 Å². The first-order valence-corrected chi connectivity index (χ1v) is 6.57. The number of rotatable bonds is 6. The summed E-state index contributed by atoms with van der Waals surface area (Å²) < 4.78 is 6.73. The zero-order chi connectivity index (χ0) is 16.3. The van der Waals surface area contributed by atoms with Crippen LogP contribution in [0.3, 0.4) is 0 Å². The minimum Gasteiger partial charge on any atom is -0.476 e. The van der Waals surface area contributed by atoms with E-state index in [2.05, 4.69) is 4.98 Å². The predicted octanol–water partition coefficient (Wildman–Crippen LogP) is 2.95. The molecule has 0 amide bonds. The fourth-order valence-electron chi connectivity index (χ4n) is 1.91. The monoisotopic (exact) mass is 326 g/mol. The molecule has 2 aromatic rings. The molecule has 116 valence electrons. The molecule has 0 unspecified atom stereocenters. The van der Waals surface area contributed by atoms with E-state index in [0.717, 1.165) is 6.20 Å². The van der Waals surface area contributed by atoms with Crippen LogP contribution >= 0.6 is 11.6 Å². The lowest BCUT2D eigenvalue weighted by atomic mass is 10.3. The summed E-state index contributed by atoms with van der Waals surface area (Å²) in [6.07, 6.45) is 1.12. The van der Waals surface area contributed by atoms with Gasteiger partial charge >= 0.3 is 11.5 Å². The third kappa shape index (κ3) is 3.14. The summed E-state index contributed by atoms with van der Waals surface area (Å²) in [7, 11) is 0. The van der Waals surface area contributed by atoms with Gasteiger partial charge in [-0.1, -0.05) is 11.6 Å². The van der Waals surface area contributed by atoms with Gasteiger partial charge in [-0.25, -0.2) is 9.55 Å². The van der Waals surface area contributed by atoms with Crippen LogP contribution in [0.15, 0.2) is 24.4 Å². The van der Waals surface area contributed by atoms with Crippen molar-refractivity contribution in [2.45, 2.75) is 20.1 Å². The van der Waals surface area contributed by atoms with Crippen molar-refractivity contribution in [1.82, 2.24) is 9.55 Å². The van der Waals surface area contributed by atoms with Crippen molar-refractivity contribution >= 4 is 23.1 Å². The number of aromatic nitrogens is 2. The molecule has 0 atom stereocenters. The minimum absolute atomic E-state index is 0.0164. The Labute approximate surface area is 129 Å². The van der Waals surface area contributed by atoms with Crippen molar-refractivity contribution in [3.05, 3.63) is 55.5 Å². The molecule has 0 saturated heterocycles. The highest BCUT2D eigenvalue weighted by molar-refractivity contribution is 6.30. The first-order chi connectivity index (χ1) is 10.4. The Kier molecular flexibility index (Phi) is 4.56. The normalized spacial score (nSPS) is 10.5. The van der Waals surface area contributed by atoms with E-state index in [4.69, 9.17) is 16.3 Å². The zero-order valence-corrected chi connectivity index (χ0v) is 12.2. The fourth-order valence-corrected chi connectivity index (χ4v) is 2.07. The predicted molar refractivity (Wildman–Crippen MR) is 77.0 cm³/mol. The molecular formula is C12H11ClN4O5. The lowest BCUT2D eigenvalue weighted by Crippen LogP contribution is -2.09. The number of ether oxygens (including phenoxy) is 1. The van der Waals surface area contributed by atoms with E-state index >= 15 is 0 Å². The minimum atomic E-state index is -0.615. The lowest BCUT2D eigenvalue weighted by molar-refractivity contribution is -0.392. The van der Waals surface area contributed by atoms with Crippen LogP contribution in [0.2, 0.25) is 5.02 Å². The van der Waals surface area contributed by atoms with Gasteiger partial charge in [-0.15, -0.1) is 0 Å². The number of benzene rings is 1. The van der Waals surface area contributed by atoms with Crippen LogP contribution in [0.4, 0.5) is 11.5 Å².